The Morgan fingerprint density at radius 2 is 2.18 bits per heavy atom. The SMILES string of the molecule is C[C@@H]1C(=O)O[C@@H]2C3CC(=O)C=C[C@]3(C)CC[C@@H]12. The molecule has 0 aromatic rings. The maximum atomic E-state index is 11.7. The molecule has 0 N–H and O–H groups in total. The van der Waals surface area contributed by atoms with Gasteiger partial charge in [-0.2, -0.15) is 0 Å². The molecule has 1 heterocycles. The van der Waals surface area contributed by atoms with Crippen molar-refractivity contribution in [1.29, 1.82) is 0 Å². The van der Waals surface area contributed by atoms with Crippen LogP contribution in [0.4, 0.5) is 0 Å². The first-order valence-electron chi connectivity index (χ1n) is 6.44. The van der Waals surface area contributed by atoms with Gasteiger partial charge in [0.25, 0.3) is 0 Å². The molecule has 1 saturated heterocycles. The molecule has 3 nitrogen and oxygen atoms in total. The van der Waals surface area contributed by atoms with Gasteiger partial charge in [0.2, 0.25) is 0 Å². The van der Waals surface area contributed by atoms with Gasteiger partial charge in [-0.05, 0) is 24.3 Å². The number of ether oxygens (including phenoxy) is 1. The van der Waals surface area contributed by atoms with E-state index in [0.29, 0.717) is 12.3 Å². The maximum absolute atomic E-state index is 11.7. The topological polar surface area (TPSA) is 43.4 Å². The van der Waals surface area contributed by atoms with Crippen molar-refractivity contribution in [3.8, 4) is 0 Å². The second-order valence-electron chi connectivity index (χ2n) is 6.01. The van der Waals surface area contributed by atoms with E-state index in [1.165, 1.54) is 0 Å². The standard InChI is InChI=1S/C14H18O3/c1-8-10-4-6-14(2)5-3-9(15)7-11(14)12(10)17-13(8)16/h3,5,8,10-12H,4,6-7H2,1-2H3/t8-,10-,11?,12-,14+/m0/s1. The van der Waals surface area contributed by atoms with Crippen LogP contribution in [0, 0.1) is 23.2 Å². The van der Waals surface area contributed by atoms with Crippen LogP contribution in [-0.2, 0) is 14.3 Å². The Hall–Kier alpha value is -1.12. The van der Waals surface area contributed by atoms with Crippen molar-refractivity contribution in [3.63, 3.8) is 0 Å². The predicted octanol–water partition coefficient (Wildman–Crippen LogP) is 2.11. The lowest BCUT2D eigenvalue weighted by atomic mass is 9.58. The first-order valence-corrected chi connectivity index (χ1v) is 6.44. The average molecular weight is 234 g/mol. The van der Waals surface area contributed by atoms with E-state index in [1.807, 2.05) is 13.0 Å². The van der Waals surface area contributed by atoms with Gasteiger partial charge in [0.05, 0.1) is 5.92 Å². The third-order valence-corrected chi connectivity index (χ3v) is 5.02. The minimum absolute atomic E-state index is 0.00515. The quantitative estimate of drug-likeness (QED) is 0.603. The molecule has 1 saturated carbocycles. The van der Waals surface area contributed by atoms with Gasteiger partial charge in [-0.25, -0.2) is 0 Å². The molecule has 1 unspecified atom stereocenters. The van der Waals surface area contributed by atoms with E-state index in [4.69, 9.17) is 4.74 Å². The second kappa shape index (κ2) is 3.44. The van der Waals surface area contributed by atoms with Crippen LogP contribution in [0.3, 0.4) is 0 Å². The number of carbonyl (C=O) groups is 2. The summed E-state index contributed by atoms with van der Waals surface area (Å²) in [5.74, 6) is 0.605. The summed E-state index contributed by atoms with van der Waals surface area (Å²) in [6.07, 6.45) is 6.33. The molecule has 2 fully saturated rings. The number of esters is 1. The number of ketones is 1. The fraction of sp³-hybridized carbons (Fsp3) is 0.714. The van der Waals surface area contributed by atoms with E-state index in [2.05, 4.69) is 6.92 Å². The fourth-order valence-corrected chi connectivity index (χ4v) is 3.75. The lowest BCUT2D eigenvalue weighted by Gasteiger charge is -2.46. The molecular weight excluding hydrogens is 216 g/mol. The van der Waals surface area contributed by atoms with E-state index in [1.54, 1.807) is 6.08 Å². The van der Waals surface area contributed by atoms with Crippen LogP contribution in [0.25, 0.3) is 0 Å². The van der Waals surface area contributed by atoms with Crippen molar-refractivity contribution >= 4 is 11.8 Å². The zero-order valence-electron chi connectivity index (χ0n) is 10.3. The Labute approximate surface area is 101 Å². The van der Waals surface area contributed by atoms with Crippen LogP contribution >= 0.6 is 0 Å². The summed E-state index contributed by atoms with van der Waals surface area (Å²) in [6, 6.07) is 0. The normalized spacial score (nSPS) is 48.6. The highest BCUT2D eigenvalue weighted by Crippen LogP contribution is 2.53. The summed E-state index contributed by atoms with van der Waals surface area (Å²) < 4.78 is 5.54. The molecule has 0 aromatic carbocycles. The summed E-state index contributed by atoms with van der Waals surface area (Å²) in [5, 5.41) is 0. The van der Waals surface area contributed by atoms with E-state index < -0.39 is 0 Å². The largest absolute Gasteiger partial charge is 0.461 e. The zero-order chi connectivity index (χ0) is 12.2. The molecule has 0 spiro atoms. The van der Waals surface area contributed by atoms with Crippen LogP contribution in [0.5, 0.6) is 0 Å². The van der Waals surface area contributed by atoms with E-state index >= 15 is 0 Å². The molecule has 0 aromatic heterocycles. The zero-order valence-corrected chi connectivity index (χ0v) is 10.3. The molecule has 0 amide bonds. The molecular formula is C14H18O3. The number of rotatable bonds is 0. The summed E-state index contributed by atoms with van der Waals surface area (Å²) >= 11 is 0. The van der Waals surface area contributed by atoms with Crippen LogP contribution < -0.4 is 0 Å². The van der Waals surface area contributed by atoms with Gasteiger partial charge in [0.15, 0.2) is 5.78 Å². The number of allylic oxidation sites excluding steroid dienone is 2. The highest BCUT2D eigenvalue weighted by Gasteiger charge is 2.54. The van der Waals surface area contributed by atoms with E-state index in [9.17, 15) is 9.59 Å². The molecule has 5 atom stereocenters. The Morgan fingerprint density at radius 1 is 1.41 bits per heavy atom. The molecule has 3 heteroatoms. The van der Waals surface area contributed by atoms with Gasteiger partial charge < -0.3 is 4.74 Å². The first-order chi connectivity index (χ1) is 8.01. The van der Waals surface area contributed by atoms with Gasteiger partial charge in [-0.15, -0.1) is 0 Å². The number of hydrogen-bond donors (Lipinski definition) is 0. The minimum atomic E-state index is -0.0775. The molecule has 2 aliphatic carbocycles. The van der Waals surface area contributed by atoms with E-state index in [0.717, 1.165) is 12.8 Å². The highest BCUT2D eigenvalue weighted by atomic mass is 16.6. The summed E-state index contributed by atoms with van der Waals surface area (Å²) in [7, 11) is 0. The van der Waals surface area contributed by atoms with Gasteiger partial charge in [0.1, 0.15) is 6.10 Å². The Bertz CT molecular complexity index is 412. The second-order valence-corrected chi connectivity index (χ2v) is 6.01. The Morgan fingerprint density at radius 3 is 2.94 bits per heavy atom. The summed E-state index contributed by atoms with van der Waals surface area (Å²) in [6.45, 7) is 4.14. The van der Waals surface area contributed by atoms with E-state index in [-0.39, 0.29) is 35.1 Å². The van der Waals surface area contributed by atoms with Crippen molar-refractivity contribution in [1.82, 2.24) is 0 Å². The fourth-order valence-electron chi connectivity index (χ4n) is 3.75. The van der Waals surface area contributed by atoms with Gasteiger partial charge in [0, 0.05) is 18.3 Å². The Balaban J connectivity index is 1.95. The van der Waals surface area contributed by atoms with Gasteiger partial charge >= 0.3 is 5.97 Å². The van der Waals surface area contributed by atoms with Crippen LogP contribution in [0.15, 0.2) is 12.2 Å². The highest BCUT2D eigenvalue weighted by molar-refractivity contribution is 5.91. The first kappa shape index (κ1) is 11.0. The molecule has 0 radical (unpaired) electrons. The predicted molar refractivity (Wildman–Crippen MR) is 62.1 cm³/mol. The molecule has 0 bridgehead atoms. The molecule has 92 valence electrons. The van der Waals surface area contributed by atoms with Crippen molar-refractivity contribution < 1.29 is 14.3 Å². The third-order valence-electron chi connectivity index (χ3n) is 5.02. The van der Waals surface area contributed by atoms with Crippen molar-refractivity contribution in [3.05, 3.63) is 12.2 Å². The van der Waals surface area contributed by atoms with Crippen LogP contribution in [0.2, 0.25) is 0 Å². The molecule has 3 rings (SSSR count). The minimum Gasteiger partial charge on any atom is -0.461 e. The van der Waals surface area contributed by atoms with Crippen molar-refractivity contribution in [2.75, 3.05) is 0 Å². The number of hydrogen-bond acceptors (Lipinski definition) is 3. The monoisotopic (exact) mass is 234 g/mol. The van der Waals surface area contributed by atoms with Gasteiger partial charge in [-0.3, -0.25) is 9.59 Å². The van der Waals surface area contributed by atoms with Crippen LogP contribution in [0.1, 0.15) is 33.1 Å². The van der Waals surface area contributed by atoms with Crippen molar-refractivity contribution in [2.24, 2.45) is 23.2 Å². The summed E-state index contributed by atoms with van der Waals surface area (Å²) in [5.41, 5.74) is 0.0411. The van der Waals surface area contributed by atoms with Gasteiger partial charge in [-0.1, -0.05) is 19.9 Å². The number of carbonyl (C=O) groups excluding carboxylic acids is 2. The molecule has 1 aliphatic heterocycles. The summed E-state index contributed by atoms with van der Waals surface area (Å²) in [4.78, 5) is 23.3. The lowest BCUT2D eigenvalue weighted by Crippen LogP contribution is -2.46. The number of fused-ring (bicyclic) bond motifs is 3. The Kier molecular flexibility index (Phi) is 2.22. The smallest absolute Gasteiger partial charge is 0.309 e. The molecule has 3 aliphatic rings. The third kappa shape index (κ3) is 1.48. The average Bonchev–Trinajstić information content (AvgIpc) is 2.57. The van der Waals surface area contributed by atoms with Crippen LogP contribution in [-0.4, -0.2) is 17.9 Å². The lowest BCUT2D eigenvalue weighted by molar-refractivity contribution is -0.149. The van der Waals surface area contributed by atoms with Crippen molar-refractivity contribution in [2.45, 2.75) is 39.2 Å². The molecule has 17 heavy (non-hydrogen) atoms. The maximum Gasteiger partial charge on any atom is 0.309 e.